The quantitative estimate of drug-likeness (QED) is 0.358. The number of pyridine rings is 3. The summed E-state index contributed by atoms with van der Waals surface area (Å²) < 4.78 is 56.3. The van der Waals surface area contributed by atoms with Crippen LogP contribution < -0.4 is 11.1 Å². The molecule has 1 aliphatic carbocycles. The molecule has 4 aromatic rings. The summed E-state index contributed by atoms with van der Waals surface area (Å²) in [5, 5.41) is -0.0976. The number of nitrogens with one attached hydrogen (secondary N) is 1. The summed E-state index contributed by atoms with van der Waals surface area (Å²) in [6.07, 6.45) is 4.41. The number of H-pyrrole nitrogens is 1. The van der Waals surface area contributed by atoms with Crippen LogP contribution >= 0.6 is 11.6 Å². The lowest BCUT2D eigenvalue weighted by molar-refractivity contribution is 0.569. The minimum Gasteiger partial charge on any atom is -0.329 e. The third-order valence-corrected chi connectivity index (χ3v) is 8.54. The lowest BCUT2D eigenvalue weighted by atomic mass is 10.0. The maximum Gasteiger partial charge on any atom is 0.274 e. The van der Waals surface area contributed by atoms with E-state index in [0.29, 0.717) is 28.8 Å². The Morgan fingerprint density at radius 1 is 1.05 bits per heavy atom. The normalized spacial score (nSPS) is 16.9. The molecule has 1 aliphatic rings. The molecule has 7 nitrogen and oxygen atoms in total. The van der Waals surface area contributed by atoms with Crippen molar-refractivity contribution in [2.24, 2.45) is 0 Å². The van der Waals surface area contributed by atoms with E-state index < -0.39 is 37.6 Å². The van der Waals surface area contributed by atoms with E-state index >= 15 is 8.78 Å². The number of aromatic nitrogens is 3. The first-order valence-corrected chi connectivity index (χ1v) is 14.3. The van der Waals surface area contributed by atoms with Crippen LogP contribution in [0.5, 0.6) is 0 Å². The Morgan fingerprint density at radius 2 is 1.74 bits per heavy atom. The molecule has 39 heavy (non-hydrogen) atoms. The molecule has 11 heteroatoms. The number of sulfone groups is 1. The molecular weight excluding hydrogens is 548 g/mol. The maximum absolute atomic E-state index is 16.0. The number of rotatable bonds is 5. The van der Waals surface area contributed by atoms with E-state index in [1.807, 2.05) is 13.0 Å². The molecule has 3 heterocycles. The summed E-state index contributed by atoms with van der Waals surface area (Å²) >= 11 is 6.55. The van der Waals surface area contributed by atoms with Crippen LogP contribution in [0.4, 0.5) is 8.78 Å². The van der Waals surface area contributed by atoms with Crippen LogP contribution in [0.2, 0.25) is 5.02 Å². The van der Waals surface area contributed by atoms with Crippen LogP contribution in [-0.4, -0.2) is 29.2 Å². The third-order valence-electron chi connectivity index (χ3n) is 7.05. The molecule has 1 fully saturated rings. The average Bonchev–Trinajstić information content (AvgIpc) is 3.65. The fourth-order valence-electron chi connectivity index (χ4n) is 5.06. The Labute approximate surface area is 228 Å². The zero-order valence-electron chi connectivity index (χ0n) is 21.5. The smallest absolute Gasteiger partial charge is 0.274 e. The molecular formula is C28H24ClF2N3O4S. The number of aromatic amines is 1. The molecule has 1 aromatic carbocycles. The zero-order chi connectivity index (χ0) is 28.4. The molecule has 2 atom stereocenters. The number of hydrogen-bond acceptors (Lipinski definition) is 5. The summed E-state index contributed by atoms with van der Waals surface area (Å²) in [5.41, 5.74) is 0.961. The Kier molecular flexibility index (Phi) is 6.59. The van der Waals surface area contributed by atoms with Gasteiger partial charge >= 0.3 is 0 Å². The number of benzene rings is 1. The Bertz CT molecular complexity index is 1900. The van der Waals surface area contributed by atoms with Gasteiger partial charge in [0.2, 0.25) is 0 Å². The van der Waals surface area contributed by atoms with E-state index in [4.69, 9.17) is 11.6 Å². The number of aryl methyl sites for hydroxylation is 3. The topological polar surface area (TPSA) is 102 Å². The van der Waals surface area contributed by atoms with Crippen LogP contribution in [0.25, 0.3) is 16.9 Å². The van der Waals surface area contributed by atoms with Gasteiger partial charge in [0.25, 0.3) is 11.1 Å². The van der Waals surface area contributed by atoms with E-state index in [0.717, 1.165) is 22.5 Å². The molecule has 0 amide bonds. The van der Waals surface area contributed by atoms with Gasteiger partial charge in [-0.1, -0.05) is 17.7 Å². The van der Waals surface area contributed by atoms with Gasteiger partial charge in [-0.2, -0.15) is 0 Å². The summed E-state index contributed by atoms with van der Waals surface area (Å²) in [4.78, 5) is 32.0. The third kappa shape index (κ3) is 4.61. The molecule has 1 unspecified atom stereocenters. The van der Waals surface area contributed by atoms with Crippen LogP contribution in [0.3, 0.4) is 0 Å². The number of hydrogen-bond donors (Lipinski definition) is 1. The minimum absolute atomic E-state index is 0.0976. The van der Waals surface area contributed by atoms with Gasteiger partial charge in [-0.3, -0.25) is 19.1 Å². The monoisotopic (exact) mass is 571 g/mol. The van der Waals surface area contributed by atoms with E-state index in [9.17, 15) is 18.0 Å². The summed E-state index contributed by atoms with van der Waals surface area (Å²) in [6, 6.07) is 7.12. The molecule has 0 bridgehead atoms. The van der Waals surface area contributed by atoms with Crippen molar-refractivity contribution >= 4 is 21.4 Å². The predicted molar refractivity (Wildman–Crippen MR) is 145 cm³/mol. The molecule has 0 spiro atoms. The maximum atomic E-state index is 16.0. The number of nitrogens with zero attached hydrogens (tertiary/aromatic N) is 2. The summed E-state index contributed by atoms with van der Waals surface area (Å²) in [6.45, 7) is 5.05. The molecule has 5 rings (SSSR count). The van der Waals surface area contributed by atoms with Gasteiger partial charge in [0.15, 0.2) is 21.5 Å². The lowest BCUT2D eigenvalue weighted by Gasteiger charge is -2.18. The van der Waals surface area contributed by atoms with Crippen molar-refractivity contribution in [1.29, 1.82) is 0 Å². The van der Waals surface area contributed by atoms with Gasteiger partial charge < -0.3 is 4.98 Å². The summed E-state index contributed by atoms with van der Waals surface area (Å²) in [5.74, 6) is -2.38. The highest BCUT2D eigenvalue weighted by atomic mass is 35.5. The highest BCUT2D eigenvalue weighted by molar-refractivity contribution is 7.90. The standard InChI is InChI=1S/C28H24ClF2N3O4S/c1-13-8-20(27(35)33-11-13)18-10-17(18)19-9-15(3)34(28(36)22(19)29)26-14(2)12-32-25(24(26)31)16-6-5-7-21(23(16)30)39(4,37)38/h5-9,11-12,17-18H,10H2,1-4H3,(H,33,35)/t17-,18?/m1/s1. The van der Waals surface area contributed by atoms with Gasteiger partial charge in [0.1, 0.15) is 15.6 Å². The van der Waals surface area contributed by atoms with E-state index in [1.165, 1.54) is 18.3 Å². The van der Waals surface area contributed by atoms with Crippen molar-refractivity contribution in [3.8, 4) is 16.9 Å². The van der Waals surface area contributed by atoms with Gasteiger partial charge in [-0.05, 0) is 80.0 Å². The van der Waals surface area contributed by atoms with Gasteiger partial charge in [0.05, 0.1) is 5.69 Å². The first-order valence-electron chi connectivity index (χ1n) is 12.1. The molecule has 3 aromatic heterocycles. The fourth-order valence-corrected chi connectivity index (χ4v) is 6.10. The van der Waals surface area contributed by atoms with Gasteiger partial charge in [-0.25, -0.2) is 17.2 Å². The molecule has 0 radical (unpaired) electrons. The molecule has 202 valence electrons. The Morgan fingerprint density at radius 3 is 2.44 bits per heavy atom. The van der Waals surface area contributed by atoms with Crippen LogP contribution in [0, 0.1) is 32.4 Å². The van der Waals surface area contributed by atoms with Crippen molar-refractivity contribution in [1.82, 2.24) is 14.5 Å². The van der Waals surface area contributed by atoms with Crippen molar-refractivity contribution in [2.45, 2.75) is 43.9 Å². The zero-order valence-corrected chi connectivity index (χ0v) is 23.0. The first kappa shape index (κ1) is 27.0. The molecule has 0 aliphatic heterocycles. The van der Waals surface area contributed by atoms with Crippen molar-refractivity contribution in [3.63, 3.8) is 0 Å². The highest BCUT2D eigenvalue weighted by Gasteiger charge is 2.43. The SMILES string of the molecule is Cc1c[nH]c(=O)c(C2C[C@H]2c2cc(C)n(-c3c(C)cnc(-c4cccc(S(C)(=O)=O)c4F)c3F)c(=O)c2Cl)c1. The molecule has 1 saturated carbocycles. The Balaban J connectivity index is 1.63. The number of halogens is 3. The van der Waals surface area contributed by atoms with Crippen LogP contribution in [0.15, 0.2) is 57.2 Å². The van der Waals surface area contributed by atoms with E-state index in [-0.39, 0.29) is 33.7 Å². The summed E-state index contributed by atoms with van der Waals surface area (Å²) in [7, 11) is -3.92. The van der Waals surface area contributed by atoms with Crippen LogP contribution in [0.1, 0.15) is 46.2 Å². The largest absolute Gasteiger partial charge is 0.329 e. The van der Waals surface area contributed by atoms with E-state index in [1.54, 1.807) is 26.1 Å². The van der Waals surface area contributed by atoms with Gasteiger partial charge in [0, 0.05) is 35.5 Å². The van der Waals surface area contributed by atoms with Crippen molar-refractivity contribution in [3.05, 3.63) is 108 Å². The minimum atomic E-state index is -3.92. The van der Waals surface area contributed by atoms with Gasteiger partial charge in [-0.15, -0.1) is 0 Å². The Hall–Kier alpha value is -3.63. The average molecular weight is 572 g/mol. The van der Waals surface area contributed by atoms with Crippen LogP contribution in [-0.2, 0) is 9.84 Å². The molecule has 1 N–H and O–H groups in total. The first-order chi connectivity index (χ1) is 18.3. The second-order valence-corrected chi connectivity index (χ2v) is 12.3. The second-order valence-electron chi connectivity index (χ2n) is 9.95. The fraction of sp³-hybridized carbons (Fsp3) is 0.250. The van der Waals surface area contributed by atoms with E-state index in [2.05, 4.69) is 9.97 Å². The second kappa shape index (κ2) is 9.53. The lowest BCUT2D eigenvalue weighted by Crippen LogP contribution is -2.24. The molecule has 0 saturated heterocycles. The predicted octanol–water partition coefficient (Wildman–Crippen LogP) is 5.12. The van der Waals surface area contributed by atoms with Crippen molar-refractivity contribution < 1.29 is 17.2 Å². The van der Waals surface area contributed by atoms with Crippen molar-refractivity contribution in [2.75, 3.05) is 6.26 Å². The highest BCUT2D eigenvalue weighted by Crippen LogP contribution is 2.55.